The number of hydrogen-bond acceptors (Lipinski definition) is 4. The Kier molecular flexibility index (Phi) is 6.14. The number of carbonyl (C=O) groups is 1. The van der Waals surface area contributed by atoms with E-state index >= 15 is 0 Å². The zero-order chi connectivity index (χ0) is 20.3. The van der Waals surface area contributed by atoms with Crippen LogP contribution in [0, 0.1) is 5.92 Å². The summed E-state index contributed by atoms with van der Waals surface area (Å²) in [6, 6.07) is 7.69. The summed E-state index contributed by atoms with van der Waals surface area (Å²) in [5.41, 5.74) is 2.96. The van der Waals surface area contributed by atoms with Gasteiger partial charge >= 0.3 is 6.03 Å². The number of morpholine rings is 1. The van der Waals surface area contributed by atoms with Gasteiger partial charge in [-0.15, -0.1) is 0 Å². The Morgan fingerprint density at radius 1 is 0.967 bits per heavy atom. The maximum absolute atomic E-state index is 12.7. The highest BCUT2D eigenvalue weighted by molar-refractivity contribution is 5.74. The summed E-state index contributed by atoms with van der Waals surface area (Å²) in [6.45, 7) is 7.46. The molecule has 1 saturated carbocycles. The summed E-state index contributed by atoms with van der Waals surface area (Å²) in [5, 5.41) is 0. The molecule has 2 saturated heterocycles. The number of fused-ring (bicyclic) bond motifs is 1. The third-order valence-electron chi connectivity index (χ3n) is 7.43. The van der Waals surface area contributed by atoms with Crippen molar-refractivity contribution in [3.63, 3.8) is 0 Å². The summed E-state index contributed by atoms with van der Waals surface area (Å²) in [7, 11) is 0. The number of ether oxygens (including phenoxy) is 2. The predicted octanol–water partition coefficient (Wildman–Crippen LogP) is 2.79. The maximum atomic E-state index is 12.7. The van der Waals surface area contributed by atoms with Crippen molar-refractivity contribution < 1.29 is 14.3 Å². The van der Waals surface area contributed by atoms with E-state index in [0.29, 0.717) is 38.8 Å². The standard InChI is InChI=1S/C24H35N3O3/c28-24(26-12-14-29-15-13-26)27-9-6-19(17-27)18-30-23-5-4-20-7-10-25(22-2-1-3-22)11-8-21(20)16-23/h4-5,16,19,22H,1-3,6-15,17-18H2. The van der Waals surface area contributed by atoms with Gasteiger partial charge in [0.2, 0.25) is 0 Å². The number of hydrogen-bond donors (Lipinski definition) is 0. The van der Waals surface area contributed by atoms with E-state index in [0.717, 1.165) is 44.1 Å². The summed E-state index contributed by atoms with van der Waals surface area (Å²) in [4.78, 5) is 19.3. The molecule has 6 heteroatoms. The van der Waals surface area contributed by atoms with Crippen LogP contribution in [-0.2, 0) is 17.6 Å². The minimum Gasteiger partial charge on any atom is -0.493 e. The van der Waals surface area contributed by atoms with Crippen molar-refractivity contribution in [3.8, 4) is 5.75 Å². The molecule has 6 nitrogen and oxygen atoms in total. The molecule has 2 amide bonds. The van der Waals surface area contributed by atoms with Gasteiger partial charge in [-0.05, 0) is 55.4 Å². The Hall–Kier alpha value is -1.79. The lowest BCUT2D eigenvalue weighted by Crippen LogP contribution is -2.47. The fourth-order valence-electron chi connectivity index (χ4n) is 5.24. The van der Waals surface area contributed by atoms with Crippen molar-refractivity contribution in [1.82, 2.24) is 14.7 Å². The predicted molar refractivity (Wildman–Crippen MR) is 116 cm³/mol. The maximum Gasteiger partial charge on any atom is 0.320 e. The Morgan fingerprint density at radius 3 is 2.53 bits per heavy atom. The van der Waals surface area contributed by atoms with Crippen molar-refractivity contribution in [2.75, 3.05) is 59.1 Å². The number of urea groups is 1. The van der Waals surface area contributed by atoms with Gasteiger partial charge in [0, 0.05) is 51.2 Å². The van der Waals surface area contributed by atoms with E-state index in [4.69, 9.17) is 9.47 Å². The molecule has 3 fully saturated rings. The molecule has 3 aliphatic heterocycles. The lowest BCUT2D eigenvalue weighted by atomic mass is 9.91. The van der Waals surface area contributed by atoms with E-state index < -0.39 is 0 Å². The first-order valence-corrected chi connectivity index (χ1v) is 11.9. The van der Waals surface area contributed by atoms with Crippen LogP contribution < -0.4 is 4.74 Å². The van der Waals surface area contributed by atoms with Gasteiger partial charge in [-0.25, -0.2) is 4.79 Å². The van der Waals surface area contributed by atoms with E-state index in [9.17, 15) is 4.79 Å². The average Bonchev–Trinajstić information content (AvgIpc) is 3.13. The number of nitrogens with zero attached hydrogens (tertiary/aromatic N) is 3. The third-order valence-corrected chi connectivity index (χ3v) is 7.43. The molecule has 0 N–H and O–H groups in total. The molecule has 1 aromatic carbocycles. The van der Waals surface area contributed by atoms with Gasteiger partial charge < -0.3 is 19.3 Å². The molecular weight excluding hydrogens is 378 g/mol. The fourth-order valence-corrected chi connectivity index (χ4v) is 5.24. The molecule has 1 atom stereocenters. The van der Waals surface area contributed by atoms with Gasteiger partial charge in [0.05, 0.1) is 19.8 Å². The molecule has 4 aliphatic rings. The quantitative estimate of drug-likeness (QED) is 0.762. The van der Waals surface area contributed by atoms with Crippen LogP contribution in [0.3, 0.4) is 0 Å². The largest absolute Gasteiger partial charge is 0.493 e. The molecule has 0 radical (unpaired) electrons. The zero-order valence-corrected chi connectivity index (χ0v) is 18.1. The molecule has 30 heavy (non-hydrogen) atoms. The van der Waals surface area contributed by atoms with Crippen LogP contribution in [0.15, 0.2) is 18.2 Å². The second kappa shape index (κ2) is 9.15. The molecule has 1 aliphatic carbocycles. The minimum atomic E-state index is 0.168. The average molecular weight is 414 g/mol. The van der Waals surface area contributed by atoms with Crippen LogP contribution in [0.25, 0.3) is 0 Å². The Morgan fingerprint density at radius 2 is 1.77 bits per heavy atom. The first-order valence-electron chi connectivity index (χ1n) is 11.9. The second-order valence-corrected chi connectivity index (χ2v) is 9.34. The molecule has 0 spiro atoms. The monoisotopic (exact) mass is 413 g/mol. The number of benzene rings is 1. The van der Waals surface area contributed by atoms with Gasteiger partial charge in [-0.2, -0.15) is 0 Å². The van der Waals surface area contributed by atoms with Crippen LogP contribution in [0.2, 0.25) is 0 Å². The Labute approximate surface area is 180 Å². The number of likely N-dealkylation sites (tertiary alicyclic amines) is 1. The summed E-state index contributed by atoms with van der Waals surface area (Å²) >= 11 is 0. The molecular formula is C24H35N3O3. The van der Waals surface area contributed by atoms with Crippen molar-refractivity contribution in [2.45, 2.75) is 44.6 Å². The highest BCUT2D eigenvalue weighted by Crippen LogP contribution is 2.29. The van der Waals surface area contributed by atoms with Gasteiger partial charge in [-0.1, -0.05) is 12.5 Å². The molecule has 164 valence electrons. The molecule has 3 heterocycles. The van der Waals surface area contributed by atoms with E-state index in [1.807, 2.05) is 9.80 Å². The number of carbonyl (C=O) groups excluding carboxylic acids is 1. The smallest absolute Gasteiger partial charge is 0.320 e. The Balaban J connectivity index is 1.11. The van der Waals surface area contributed by atoms with Gasteiger partial charge in [0.15, 0.2) is 0 Å². The highest BCUT2D eigenvalue weighted by atomic mass is 16.5. The lowest BCUT2D eigenvalue weighted by Gasteiger charge is -2.36. The third kappa shape index (κ3) is 4.45. The van der Waals surface area contributed by atoms with Crippen molar-refractivity contribution in [1.29, 1.82) is 0 Å². The van der Waals surface area contributed by atoms with Crippen LogP contribution in [0.5, 0.6) is 5.75 Å². The van der Waals surface area contributed by atoms with Crippen molar-refractivity contribution in [2.24, 2.45) is 5.92 Å². The molecule has 1 aromatic rings. The topological polar surface area (TPSA) is 45.3 Å². The van der Waals surface area contributed by atoms with Crippen LogP contribution in [0.1, 0.15) is 36.8 Å². The van der Waals surface area contributed by atoms with Crippen LogP contribution in [-0.4, -0.2) is 85.9 Å². The summed E-state index contributed by atoms with van der Waals surface area (Å²) < 4.78 is 11.6. The van der Waals surface area contributed by atoms with Crippen LogP contribution >= 0.6 is 0 Å². The van der Waals surface area contributed by atoms with E-state index in [1.54, 1.807) is 0 Å². The van der Waals surface area contributed by atoms with Gasteiger partial charge in [0.25, 0.3) is 0 Å². The first-order chi connectivity index (χ1) is 14.8. The highest BCUT2D eigenvalue weighted by Gasteiger charge is 2.30. The molecule has 1 unspecified atom stereocenters. The van der Waals surface area contributed by atoms with E-state index in [-0.39, 0.29) is 6.03 Å². The van der Waals surface area contributed by atoms with Crippen molar-refractivity contribution >= 4 is 6.03 Å². The summed E-state index contributed by atoms with van der Waals surface area (Å²) in [6.07, 6.45) is 7.50. The minimum absolute atomic E-state index is 0.168. The van der Waals surface area contributed by atoms with E-state index in [2.05, 4.69) is 23.1 Å². The molecule has 0 aromatic heterocycles. The second-order valence-electron chi connectivity index (χ2n) is 9.34. The Bertz CT molecular complexity index is 745. The SMILES string of the molecule is O=C(N1CCOCC1)N1CCC(COc2ccc3c(c2)CCN(C2CCC2)CC3)C1. The fraction of sp³-hybridized carbons (Fsp3) is 0.708. The van der Waals surface area contributed by atoms with Gasteiger partial charge in [-0.3, -0.25) is 4.90 Å². The number of rotatable bonds is 4. The van der Waals surface area contributed by atoms with Gasteiger partial charge in [0.1, 0.15) is 5.75 Å². The number of amides is 2. The normalized spacial score (nSPS) is 25.5. The zero-order valence-electron chi connectivity index (χ0n) is 18.1. The molecule has 0 bridgehead atoms. The van der Waals surface area contributed by atoms with Crippen LogP contribution in [0.4, 0.5) is 4.79 Å². The van der Waals surface area contributed by atoms with E-state index in [1.165, 1.54) is 43.5 Å². The van der Waals surface area contributed by atoms with Crippen molar-refractivity contribution in [3.05, 3.63) is 29.3 Å². The lowest BCUT2D eigenvalue weighted by molar-refractivity contribution is 0.0447. The molecule has 5 rings (SSSR count). The first kappa shape index (κ1) is 20.1. The summed E-state index contributed by atoms with van der Waals surface area (Å²) in [5.74, 6) is 1.41.